The largest absolute Gasteiger partial charge is 0.462 e. The summed E-state index contributed by atoms with van der Waals surface area (Å²) in [5.41, 5.74) is 0.730. The first-order valence-electron chi connectivity index (χ1n) is 9.92. The van der Waals surface area contributed by atoms with E-state index in [4.69, 9.17) is 20.8 Å². The number of benzene rings is 2. The number of imide groups is 2. The van der Waals surface area contributed by atoms with Crippen LogP contribution in [0.5, 0.6) is 0 Å². The van der Waals surface area contributed by atoms with E-state index in [9.17, 15) is 19.2 Å². The van der Waals surface area contributed by atoms with Crippen molar-refractivity contribution < 1.29 is 28.3 Å². The number of nitrogens with zero attached hydrogens (tertiary/aromatic N) is 1. The quantitative estimate of drug-likeness (QED) is 0.340. The first-order chi connectivity index (χ1) is 15.9. The topological polar surface area (TPSA) is 106 Å². The lowest BCUT2D eigenvalue weighted by molar-refractivity contribution is -0.122. The Hall–Kier alpha value is -4.17. The van der Waals surface area contributed by atoms with Gasteiger partial charge in [-0.15, -0.1) is 0 Å². The molecule has 166 valence electrons. The molecule has 2 aromatic carbocycles. The fourth-order valence-corrected chi connectivity index (χ4v) is 3.49. The zero-order valence-corrected chi connectivity index (χ0v) is 18.1. The standard InChI is InChI=1S/C24H17ClN2O6/c1-2-32-23(30)18-9-4-3-8-17(18)20-11-10-16(33-20)13-19-21(28)26-24(31)27(22(19)29)15-7-5-6-14(25)12-15/h3-13H,2H2,1H3,(H,26,28,31)/b19-13+. The Morgan fingerprint density at radius 3 is 2.64 bits per heavy atom. The number of carbonyl (C=O) groups is 4. The SMILES string of the molecule is CCOC(=O)c1ccccc1-c1ccc(/C=C2\C(=O)NC(=O)N(c3cccc(Cl)c3)C2=O)o1. The number of halogens is 1. The Bertz CT molecular complexity index is 1310. The number of nitrogens with one attached hydrogen (secondary N) is 1. The average Bonchev–Trinajstić information content (AvgIpc) is 3.25. The molecule has 4 rings (SSSR count). The van der Waals surface area contributed by atoms with Gasteiger partial charge in [-0.25, -0.2) is 14.5 Å². The van der Waals surface area contributed by atoms with Crippen molar-refractivity contribution in [2.24, 2.45) is 0 Å². The van der Waals surface area contributed by atoms with Gasteiger partial charge in [-0.3, -0.25) is 14.9 Å². The zero-order valence-electron chi connectivity index (χ0n) is 17.3. The Balaban J connectivity index is 1.68. The van der Waals surface area contributed by atoms with E-state index in [0.717, 1.165) is 4.90 Å². The van der Waals surface area contributed by atoms with Gasteiger partial charge in [-0.2, -0.15) is 0 Å². The van der Waals surface area contributed by atoms with Gasteiger partial charge < -0.3 is 9.15 Å². The summed E-state index contributed by atoms with van der Waals surface area (Å²) in [5, 5.41) is 2.46. The predicted molar refractivity (Wildman–Crippen MR) is 121 cm³/mol. The maximum Gasteiger partial charge on any atom is 0.338 e. The number of furan rings is 1. The molecule has 33 heavy (non-hydrogen) atoms. The van der Waals surface area contributed by atoms with E-state index in [1.807, 2.05) is 0 Å². The summed E-state index contributed by atoms with van der Waals surface area (Å²) in [5.74, 6) is -1.65. The molecule has 0 atom stereocenters. The lowest BCUT2D eigenvalue weighted by Crippen LogP contribution is -2.54. The summed E-state index contributed by atoms with van der Waals surface area (Å²) < 4.78 is 10.9. The van der Waals surface area contributed by atoms with E-state index in [0.29, 0.717) is 21.9 Å². The molecule has 1 aromatic heterocycles. The number of hydrogen-bond donors (Lipinski definition) is 1. The van der Waals surface area contributed by atoms with E-state index < -0.39 is 23.8 Å². The van der Waals surface area contributed by atoms with Crippen LogP contribution in [-0.4, -0.2) is 30.4 Å². The highest BCUT2D eigenvalue weighted by Gasteiger charge is 2.37. The third-order valence-corrected chi connectivity index (χ3v) is 5.00. The average molecular weight is 465 g/mol. The minimum absolute atomic E-state index is 0.183. The molecule has 0 radical (unpaired) electrons. The first kappa shape index (κ1) is 22.0. The number of hydrogen-bond acceptors (Lipinski definition) is 6. The van der Waals surface area contributed by atoms with Crippen LogP contribution >= 0.6 is 11.6 Å². The van der Waals surface area contributed by atoms with Gasteiger partial charge in [0.15, 0.2) is 0 Å². The van der Waals surface area contributed by atoms with Gasteiger partial charge in [-0.1, -0.05) is 35.9 Å². The summed E-state index contributed by atoms with van der Waals surface area (Å²) in [4.78, 5) is 50.7. The summed E-state index contributed by atoms with van der Waals surface area (Å²) in [6.45, 7) is 1.93. The third kappa shape index (κ3) is 4.42. The second-order valence-corrected chi connectivity index (χ2v) is 7.34. The minimum Gasteiger partial charge on any atom is -0.462 e. The van der Waals surface area contributed by atoms with Gasteiger partial charge in [-0.05, 0) is 49.4 Å². The molecule has 1 N–H and O–H groups in total. The first-order valence-corrected chi connectivity index (χ1v) is 10.3. The van der Waals surface area contributed by atoms with Crippen molar-refractivity contribution in [3.63, 3.8) is 0 Å². The Morgan fingerprint density at radius 1 is 1.09 bits per heavy atom. The zero-order chi connectivity index (χ0) is 23.5. The number of rotatable bonds is 5. The van der Waals surface area contributed by atoms with Crippen LogP contribution in [0.4, 0.5) is 10.5 Å². The van der Waals surface area contributed by atoms with Crippen LogP contribution in [0, 0.1) is 0 Å². The molecule has 1 aliphatic heterocycles. The lowest BCUT2D eigenvalue weighted by Gasteiger charge is -2.26. The van der Waals surface area contributed by atoms with Crippen LogP contribution in [0.15, 0.2) is 70.7 Å². The molecule has 0 spiro atoms. The monoisotopic (exact) mass is 464 g/mol. The number of urea groups is 1. The van der Waals surface area contributed by atoms with Crippen LogP contribution in [0.3, 0.4) is 0 Å². The predicted octanol–water partition coefficient (Wildman–Crippen LogP) is 4.44. The van der Waals surface area contributed by atoms with Crippen molar-refractivity contribution in [2.45, 2.75) is 6.92 Å². The van der Waals surface area contributed by atoms with E-state index in [-0.39, 0.29) is 23.6 Å². The number of amides is 4. The molecule has 3 aromatic rings. The highest BCUT2D eigenvalue weighted by molar-refractivity contribution is 6.39. The van der Waals surface area contributed by atoms with E-state index in [1.54, 1.807) is 55.5 Å². The van der Waals surface area contributed by atoms with Gasteiger partial charge in [0.25, 0.3) is 11.8 Å². The van der Waals surface area contributed by atoms with Crippen LogP contribution in [0.25, 0.3) is 17.4 Å². The molecule has 1 fully saturated rings. The summed E-state index contributed by atoms with van der Waals surface area (Å²) >= 11 is 5.97. The van der Waals surface area contributed by atoms with E-state index in [1.165, 1.54) is 18.2 Å². The van der Waals surface area contributed by atoms with Gasteiger partial charge >= 0.3 is 12.0 Å². The number of esters is 1. The number of barbiturate groups is 1. The van der Waals surface area contributed by atoms with Gasteiger partial charge in [0, 0.05) is 10.6 Å². The molecule has 2 heterocycles. The number of carbonyl (C=O) groups excluding carboxylic acids is 4. The summed E-state index contributed by atoms with van der Waals surface area (Å²) in [7, 11) is 0. The molecular formula is C24H17ClN2O6. The highest BCUT2D eigenvalue weighted by atomic mass is 35.5. The fourth-order valence-electron chi connectivity index (χ4n) is 3.31. The molecule has 4 amide bonds. The van der Waals surface area contributed by atoms with E-state index in [2.05, 4.69) is 5.32 Å². The molecule has 0 saturated carbocycles. The van der Waals surface area contributed by atoms with Gasteiger partial charge in [0.1, 0.15) is 17.1 Å². The van der Waals surface area contributed by atoms with Gasteiger partial charge in [0.2, 0.25) is 0 Å². The van der Waals surface area contributed by atoms with Crippen molar-refractivity contribution in [2.75, 3.05) is 11.5 Å². The van der Waals surface area contributed by atoms with E-state index >= 15 is 0 Å². The summed E-state index contributed by atoms with van der Waals surface area (Å²) in [6.07, 6.45) is 1.23. The van der Waals surface area contributed by atoms with Crippen molar-refractivity contribution >= 4 is 47.2 Å². The van der Waals surface area contributed by atoms with Crippen molar-refractivity contribution in [3.8, 4) is 11.3 Å². The minimum atomic E-state index is -0.882. The normalized spacial score (nSPS) is 15.0. The molecule has 0 aliphatic carbocycles. The van der Waals surface area contributed by atoms with Crippen molar-refractivity contribution in [1.29, 1.82) is 0 Å². The van der Waals surface area contributed by atoms with Crippen molar-refractivity contribution in [1.82, 2.24) is 5.32 Å². The van der Waals surface area contributed by atoms with Crippen LogP contribution in [0.2, 0.25) is 5.02 Å². The van der Waals surface area contributed by atoms with Crippen LogP contribution < -0.4 is 10.2 Å². The molecule has 1 saturated heterocycles. The maximum atomic E-state index is 13.0. The second-order valence-electron chi connectivity index (χ2n) is 6.91. The third-order valence-electron chi connectivity index (χ3n) is 4.77. The Morgan fingerprint density at radius 2 is 1.88 bits per heavy atom. The molecular weight excluding hydrogens is 448 g/mol. The molecule has 0 bridgehead atoms. The molecule has 0 unspecified atom stereocenters. The fraction of sp³-hybridized carbons (Fsp3) is 0.0833. The summed E-state index contributed by atoms with van der Waals surface area (Å²) in [6, 6.07) is 15.2. The smallest absolute Gasteiger partial charge is 0.338 e. The van der Waals surface area contributed by atoms with Crippen molar-refractivity contribution in [3.05, 3.63) is 82.6 Å². The Labute approximate surface area is 193 Å². The lowest BCUT2D eigenvalue weighted by atomic mass is 10.1. The Kier molecular flexibility index (Phi) is 6.10. The van der Waals surface area contributed by atoms with Crippen LogP contribution in [-0.2, 0) is 14.3 Å². The number of anilines is 1. The van der Waals surface area contributed by atoms with Crippen LogP contribution in [0.1, 0.15) is 23.0 Å². The molecule has 9 heteroatoms. The highest BCUT2D eigenvalue weighted by Crippen LogP contribution is 2.29. The molecule has 8 nitrogen and oxygen atoms in total. The molecule has 1 aliphatic rings. The second kappa shape index (κ2) is 9.13. The van der Waals surface area contributed by atoms with Gasteiger partial charge in [0.05, 0.1) is 17.9 Å². The maximum absolute atomic E-state index is 13.0. The number of ether oxygens (including phenoxy) is 1.